The molecule has 0 saturated carbocycles. The van der Waals surface area contributed by atoms with E-state index in [1.54, 1.807) is 6.33 Å². The van der Waals surface area contributed by atoms with E-state index in [9.17, 15) is 0 Å². The van der Waals surface area contributed by atoms with Gasteiger partial charge in [0.25, 0.3) is 0 Å². The summed E-state index contributed by atoms with van der Waals surface area (Å²) in [5.74, 6) is 0.546. The van der Waals surface area contributed by atoms with Crippen molar-refractivity contribution in [3.8, 4) is 0 Å². The van der Waals surface area contributed by atoms with Gasteiger partial charge in [-0.1, -0.05) is 6.92 Å². The van der Waals surface area contributed by atoms with Gasteiger partial charge in [0.05, 0.1) is 0 Å². The largest absolute Gasteiger partial charge is 0.327 e. The lowest BCUT2D eigenvalue weighted by molar-refractivity contribution is 0.277. The maximum atomic E-state index is 5.87. The molecule has 0 amide bonds. The minimum Gasteiger partial charge on any atom is -0.327 e. The van der Waals surface area contributed by atoms with Crippen LogP contribution in [0.3, 0.4) is 0 Å². The molecular formula is C10H16N4. The normalized spacial score (nSPS) is 32.9. The van der Waals surface area contributed by atoms with Gasteiger partial charge in [-0.25, -0.2) is 9.97 Å². The SMILES string of the molecule is CC1CC(N)CNC1c1cncnc1. The van der Waals surface area contributed by atoms with E-state index in [1.165, 1.54) is 0 Å². The average Bonchev–Trinajstić information content (AvgIpc) is 2.19. The van der Waals surface area contributed by atoms with Crippen LogP contribution >= 0.6 is 0 Å². The zero-order valence-electron chi connectivity index (χ0n) is 8.35. The summed E-state index contributed by atoms with van der Waals surface area (Å²) in [6.07, 6.45) is 6.37. The number of hydrogen-bond acceptors (Lipinski definition) is 4. The van der Waals surface area contributed by atoms with E-state index in [0.717, 1.165) is 18.5 Å². The van der Waals surface area contributed by atoms with Crippen LogP contribution < -0.4 is 11.1 Å². The number of piperidine rings is 1. The van der Waals surface area contributed by atoms with Crippen LogP contribution in [-0.4, -0.2) is 22.6 Å². The Kier molecular flexibility index (Phi) is 2.74. The summed E-state index contributed by atoms with van der Waals surface area (Å²) < 4.78 is 0. The summed E-state index contributed by atoms with van der Waals surface area (Å²) >= 11 is 0. The third-order valence-corrected chi connectivity index (χ3v) is 2.78. The second kappa shape index (κ2) is 4.02. The van der Waals surface area contributed by atoms with Gasteiger partial charge in [0, 0.05) is 36.6 Å². The van der Waals surface area contributed by atoms with Crippen LogP contribution in [-0.2, 0) is 0 Å². The lowest BCUT2D eigenvalue weighted by atomic mass is 9.87. The predicted molar refractivity (Wildman–Crippen MR) is 54.5 cm³/mol. The molecule has 14 heavy (non-hydrogen) atoms. The quantitative estimate of drug-likeness (QED) is 0.679. The van der Waals surface area contributed by atoms with Crippen LogP contribution in [0.4, 0.5) is 0 Å². The van der Waals surface area contributed by atoms with Crippen molar-refractivity contribution < 1.29 is 0 Å². The Morgan fingerprint density at radius 3 is 2.79 bits per heavy atom. The Morgan fingerprint density at radius 1 is 1.43 bits per heavy atom. The average molecular weight is 192 g/mol. The molecule has 0 radical (unpaired) electrons. The third-order valence-electron chi connectivity index (χ3n) is 2.78. The van der Waals surface area contributed by atoms with Crippen LogP contribution in [0, 0.1) is 5.92 Å². The van der Waals surface area contributed by atoms with E-state index in [-0.39, 0.29) is 6.04 Å². The first-order chi connectivity index (χ1) is 6.77. The number of rotatable bonds is 1. The fourth-order valence-corrected chi connectivity index (χ4v) is 2.09. The molecule has 0 spiro atoms. The molecule has 0 aromatic carbocycles. The zero-order chi connectivity index (χ0) is 9.97. The van der Waals surface area contributed by atoms with E-state index < -0.39 is 0 Å². The third kappa shape index (κ3) is 1.91. The molecule has 1 fully saturated rings. The van der Waals surface area contributed by atoms with Gasteiger partial charge < -0.3 is 11.1 Å². The molecule has 1 aliphatic rings. The Balaban J connectivity index is 2.12. The first kappa shape index (κ1) is 9.55. The molecule has 3 unspecified atom stereocenters. The van der Waals surface area contributed by atoms with Crippen molar-refractivity contribution in [2.75, 3.05) is 6.54 Å². The summed E-state index contributed by atoms with van der Waals surface area (Å²) in [6.45, 7) is 3.09. The molecule has 1 aromatic rings. The van der Waals surface area contributed by atoms with Crippen molar-refractivity contribution in [3.05, 3.63) is 24.3 Å². The molecule has 3 atom stereocenters. The minimum atomic E-state index is 0.283. The fraction of sp³-hybridized carbons (Fsp3) is 0.600. The molecule has 1 saturated heterocycles. The molecular weight excluding hydrogens is 176 g/mol. The number of nitrogens with two attached hydrogens (primary N) is 1. The van der Waals surface area contributed by atoms with Crippen LogP contribution in [0.5, 0.6) is 0 Å². The van der Waals surface area contributed by atoms with Gasteiger partial charge in [-0.2, -0.15) is 0 Å². The molecule has 0 aliphatic carbocycles. The highest BCUT2D eigenvalue weighted by atomic mass is 15.0. The standard InChI is InChI=1S/C10H16N4/c1-7-2-9(11)5-14-10(7)8-3-12-6-13-4-8/h3-4,6-7,9-10,14H,2,5,11H2,1H3. The highest BCUT2D eigenvalue weighted by Crippen LogP contribution is 2.27. The van der Waals surface area contributed by atoms with Crippen LogP contribution in [0.1, 0.15) is 24.9 Å². The maximum Gasteiger partial charge on any atom is 0.115 e. The molecule has 1 aliphatic heterocycles. The highest BCUT2D eigenvalue weighted by molar-refractivity contribution is 5.11. The van der Waals surface area contributed by atoms with Gasteiger partial charge in [-0.05, 0) is 12.3 Å². The molecule has 4 heteroatoms. The second-order valence-electron chi connectivity index (χ2n) is 4.03. The lowest BCUT2D eigenvalue weighted by Gasteiger charge is -2.33. The smallest absolute Gasteiger partial charge is 0.115 e. The molecule has 0 bridgehead atoms. The summed E-state index contributed by atoms with van der Waals surface area (Å²) in [4.78, 5) is 8.06. The number of hydrogen-bond donors (Lipinski definition) is 2. The summed E-state index contributed by atoms with van der Waals surface area (Å²) in [5.41, 5.74) is 7.03. The van der Waals surface area contributed by atoms with Gasteiger partial charge in [0.15, 0.2) is 0 Å². The molecule has 1 aromatic heterocycles. The number of aromatic nitrogens is 2. The van der Waals surface area contributed by atoms with Crippen LogP contribution in [0.2, 0.25) is 0 Å². The van der Waals surface area contributed by atoms with Gasteiger partial charge in [-0.15, -0.1) is 0 Å². The van der Waals surface area contributed by atoms with Crippen molar-refractivity contribution in [1.82, 2.24) is 15.3 Å². The van der Waals surface area contributed by atoms with Crippen molar-refractivity contribution >= 4 is 0 Å². The monoisotopic (exact) mass is 192 g/mol. The maximum absolute atomic E-state index is 5.87. The van der Waals surface area contributed by atoms with Gasteiger partial charge >= 0.3 is 0 Å². The molecule has 2 heterocycles. The van der Waals surface area contributed by atoms with Crippen molar-refractivity contribution in [2.45, 2.75) is 25.4 Å². The van der Waals surface area contributed by atoms with Crippen LogP contribution in [0.15, 0.2) is 18.7 Å². The molecule has 4 nitrogen and oxygen atoms in total. The molecule has 3 N–H and O–H groups in total. The molecule has 76 valence electrons. The number of nitrogens with one attached hydrogen (secondary N) is 1. The molecule has 2 rings (SSSR count). The van der Waals surface area contributed by atoms with E-state index >= 15 is 0 Å². The van der Waals surface area contributed by atoms with Gasteiger partial charge in [0.1, 0.15) is 6.33 Å². The first-order valence-corrected chi connectivity index (χ1v) is 5.01. The highest BCUT2D eigenvalue weighted by Gasteiger charge is 2.26. The van der Waals surface area contributed by atoms with Gasteiger partial charge in [-0.3, -0.25) is 0 Å². The first-order valence-electron chi connectivity index (χ1n) is 5.01. The van der Waals surface area contributed by atoms with E-state index in [0.29, 0.717) is 12.0 Å². The van der Waals surface area contributed by atoms with E-state index in [4.69, 9.17) is 5.73 Å². The zero-order valence-corrected chi connectivity index (χ0v) is 8.35. The van der Waals surface area contributed by atoms with Crippen LogP contribution in [0.25, 0.3) is 0 Å². The lowest BCUT2D eigenvalue weighted by Crippen LogP contribution is -2.45. The Bertz CT molecular complexity index is 287. The Hall–Kier alpha value is -1.00. The van der Waals surface area contributed by atoms with Crippen molar-refractivity contribution in [2.24, 2.45) is 11.7 Å². The van der Waals surface area contributed by atoms with E-state index in [1.807, 2.05) is 12.4 Å². The van der Waals surface area contributed by atoms with Gasteiger partial charge in [0.2, 0.25) is 0 Å². The van der Waals surface area contributed by atoms with Crippen molar-refractivity contribution in [1.29, 1.82) is 0 Å². The van der Waals surface area contributed by atoms with E-state index in [2.05, 4.69) is 22.2 Å². The fourth-order valence-electron chi connectivity index (χ4n) is 2.09. The Morgan fingerprint density at radius 2 is 2.14 bits per heavy atom. The van der Waals surface area contributed by atoms with Crippen molar-refractivity contribution in [3.63, 3.8) is 0 Å². The summed E-state index contributed by atoms with van der Waals surface area (Å²) in [6, 6.07) is 0.641. The summed E-state index contributed by atoms with van der Waals surface area (Å²) in [7, 11) is 0. The summed E-state index contributed by atoms with van der Waals surface area (Å²) in [5, 5.41) is 3.43. The Labute approximate surface area is 83.9 Å². The minimum absolute atomic E-state index is 0.283. The second-order valence-corrected chi connectivity index (χ2v) is 4.03. The topological polar surface area (TPSA) is 63.8 Å². The predicted octanol–water partition coefficient (Wildman–Crippen LogP) is 0.474. The number of nitrogens with zero attached hydrogens (tertiary/aromatic N) is 2.